The Balaban J connectivity index is 2.27. The molecule has 0 aromatic heterocycles. The average molecular weight is 251 g/mol. The molecule has 0 bridgehead atoms. The highest BCUT2D eigenvalue weighted by atomic mass is 32.2. The molecule has 1 aliphatic carbocycles. The van der Waals surface area contributed by atoms with Crippen molar-refractivity contribution in [2.45, 2.75) is 44.2 Å². The molecule has 5 nitrogen and oxygen atoms in total. The van der Waals surface area contributed by atoms with Gasteiger partial charge in [-0.25, -0.2) is 0 Å². The number of nitrogens with one attached hydrogen (secondary N) is 1. The van der Waals surface area contributed by atoms with Crippen molar-refractivity contribution in [3.05, 3.63) is 0 Å². The first-order valence-electron chi connectivity index (χ1n) is 5.72. The second-order valence-corrected chi connectivity index (χ2v) is 5.85. The molecular weight excluding hydrogens is 230 g/mol. The zero-order valence-corrected chi connectivity index (χ0v) is 10.5. The minimum Gasteiger partial charge on any atom is -0.379 e. The molecule has 6 heteroatoms. The van der Waals surface area contributed by atoms with Crippen LogP contribution < -0.4 is 5.32 Å². The van der Waals surface area contributed by atoms with E-state index in [1.54, 1.807) is 0 Å². The maximum absolute atomic E-state index is 10.7. The number of hydrogen-bond donors (Lipinski definition) is 2. The van der Waals surface area contributed by atoms with Crippen molar-refractivity contribution in [1.82, 2.24) is 5.32 Å². The standard InChI is InChI=1S/C10H21NO4S/c1-15-10(8-16(12,13)14)7-11-9-5-3-2-4-6-9/h9-11H,2-8H2,1H3,(H,12,13,14). The Morgan fingerprint density at radius 2 is 2.00 bits per heavy atom. The Hall–Kier alpha value is -0.170. The van der Waals surface area contributed by atoms with Crippen molar-refractivity contribution >= 4 is 10.1 Å². The molecule has 0 radical (unpaired) electrons. The maximum Gasteiger partial charge on any atom is 0.267 e. The predicted molar refractivity (Wildman–Crippen MR) is 62.1 cm³/mol. The van der Waals surface area contributed by atoms with E-state index in [1.165, 1.54) is 26.4 Å². The summed E-state index contributed by atoms with van der Waals surface area (Å²) in [5.74, 6) is -0.344. The number of ether oxygens (including phenoxy) is 1. The predicted octanol–water partition coefficient (Wildman–Crippen LogP) is 0.812. The van der Waals surface area contributed by atoms with E-state index in [9.17, 15) is 8.42 Å². The fourth-order valence-corrected chi connectivity index (χ4v) is 2.77. The van der Waals surface area contributed by atoms with E-state index in [4.69, 9.17) is 9.29 Å². The number of hydrogen-bond acceptors (Lipinski definition) is 4. The molecular formula is C10H21NO4S. The van der Waals surface area contributed by atoms with Gasteiger partial charge in [0.25, 0.3) is 10.1 Å². The number of rotatable bonds is 6. The van der Waals surface area contributed by atoms with Crippen LogP contribution in [0, 0.1) is 0 Å². The molecule has 0 aromatic rings. The van der Waals surface area contributed by atoms with Gasteiger partial charge in [-0.15, -0.1) is 0 Å². The summed E-state index contributed by atoms with van der Waals surface area (Å²) >= 11 is 0. The number of methoxy groups -OCH3 is 1. The van der Waals surface area contributed by atoms with Gasteiger partial charge in [0.1, 0.15) is 5.75 Å². The molecule has 1 unspecified atom stereocenters. The van der Waals surface area contributed by atoms with Crippen molar-refractivity contribution in [3.8, 4) is 0 Å². The summed E-state index contributed by atoms with van der Waals surface area (Å²) in [6.45, 7) is 0.473. The first-order valence-corrected chi connectivity index (χ1v) is 7.33. The Morgan fingerprint density at radius 1 is 1.38 bits per heavy atom. The second-order valence-electron chi connectivity index (χ2n) is 4.35. The monoisotopic (exact) mass is 251 g/mol. The van der Waals surface area contributed by atoms with Gasteiger partial charge in [-0.2, -0.15) is 8.42 Å². The molecule has 1 aliphatic rings. The Kier molecular flexibility index (Phi) is 5.68. The Bertz CT molecular complexity index is 285. The van der Waals surface area contributed by atoms with E-state index in [2.05, 4.69) is 5.32 Å². The summed E-state index contributed by atoms with van der Waals surface area (Å²) in [5.41, 5.74) is 0. The summed E-state index contributed by atoms with van der Waals surface area (Å²) in [5, 5.41) is 3.29. The molecule has 0 amide bonds. The summed E-state index contributed by atoms with van der Waals surface area (Å²) in [4.78, 5) is 0. The van der Waals surface area contributed by atoms with Gasteiger partial charge in [0, 0.05) is 19.7 Å². The van der Waals surface area contributed by atoms with Gasteiger partial charge < -0.3 is 10.1 Å². The summed E-state index contributed by atoms with van der Waals surface area (Å²) in [6, 6.07) is 0.466. The van der Waals surface area contributed by atoms with E-state index in [-0.39, 0.29) is 5.75 Å². The third-order valence-electron chi connectivity index (χ3n) is 2.97. The van der Waals surface area contributed by atoms with Gasteiger partial charge in [0.05, 0.1) is 6.10 Å². The van der Waals surface area contributed by atoms with Crippen LogP contribution in [0.15, 0.2) is 0 Å². The Morgan fingerprint density at radius 3 is 2.50 bits per heavy atom. The van der Waals surface area contributed by atoms with Crippen molar-refractivity contribution in [2.24, 2.45) is 0 Å². The summed E-state index contributed by atoms with van der Waals surface area (Å²) in [6.07, 6.45) is 5.56. The lowest BCUT2D eigenvalue weighted by molar-refractivity contribution is 0.113. The fraction of sp³-hybridized carbons (Fsp3) is 1.00. The average Bonchev–Trinajstić information content (AvgIpc) is 2.24. The van der Waals surface area contributed by atoms with Crippen LogP contribution in [0.1, 0.15) is 32.1 Å². The second kappa shape index (κ2) is 6.54. The van der Waals surface area contributed by atoms with E-state index in [1.807, 2.05) is 0 Å². The lowest BCUT2D eigenvalue weighted by Crippen LogP contribution is -2.40. The van der Waals surface area contributed by atoms with Crippen molar-refractivity contribution in [2.75, 3.05) is 19.4 Å². The SMILES string of the molecule is COC(CNC1CCCCC1)CS(=O)(=O)O. The summed E-state index contributed by atoms with van der Waals surface area (Å²) < 4.78 is 35.1. The zero-order chi connectivity index (χ0) is 12.0. The first kappa shape index (κ1) is 13.9. The topological polar surface area (TPSA) is 75.6 Å². The Labute approximate surface area is 97.3 Å². The van der Waals surface area contributed by atoms with E-state index >= 15 is 0 Å². The molecule has 1 rings (SSSR count). The molecule has 0 heterocycles. The van der Waals surface area contributed by atoms with Crippen LogP contribution in [0.5, 0.6) is 0 Å². The van der Waals surface area contributed by atoms with Gasteiger partial charge >= 0.3 is 0 Å². The highest BCUT2D eigenvalue weighted by molar-refractivity contribution is 7.85. The van der Waals surface area contributed by atoms with Crippen molar-refractivity contribution in [1.29, 1.82) is 0 Å². The van der Waals surface area contributed by atoms with Crippen LogP contribution in [-0.2, 0) is 14.9 Å². The quantitative estimate of drug-likeness (QED) is 0.683. The molecule has 0 aliphatic heterocycles. The van der Waals surface area contributed by atoms with Crippen LogP contribution in [-0.4, -0.2) is 44.5 Å². The van der Waals surface area contributed by atoms with Gasteiger partial charge in [-0.05, 0) is 12.8 Å². The van der Waals surface area contributed by atoms with Crippen molar-refractivity contribution in [3.63, 3.8) is 0 Å². The normalized spacial score (nSPS) is 20.9. The van der Waals surface area contributed by atoms with Crippen LogP contribution >= 0.6 is 0 Å². The van der Waals surface area contributed by atoms with Crippen LogP contribution in [0.3, 0.4) is 0 Å². The molecule has 2 N–H and O–H groups in total. The lowest BCUT2D eigenvalue weighted by atomic mass is 9.95. The smallest absolute Gasteiger partial charge is 0.267 e. The first-order chi connectivity index (χ1) is 7.51. The van der Waals surface area contributed by atoms with Gasteiger partial charge in [0.15, 0.2) is 0 Å². The van der Waals surface area contributed by atoms with Gasteiger partial charge in [0.2, 0.25) is 0 Å². The highest BCUT2D eigenvalue weighted by Crippen LogP contribution is 2.17. The summed E-state index contributed by atoms with van der Waals surface area (Å²) in [7, 11) is -2.50. The molecule has 16 heavy (non-hydrogen) atoms. The highest BCUT2D eigenvalue weighted by Gasteiger charge is 2.19. The largest absolute Gasteiger partial charge is 0.379 e. The van der Waals surface area contributed by atoms with E-state index in [0.717, 1.165) is 12.8 Å². The lowest BCUT2D eigenvalue weighted by Gasteiger charge is -2.25. The minimum atomic E-state index is -3.95. The minimum absolute atomic E-state index is 0.344. The third-order valence-corrected chi connectivity index (χ3v) is 3.76. The fourth-order valence-electron chi connectivity index (χ4n) is 2.05. The molecule has 0 spiro atoms. The molecule has 0 aromatic carbocycles. The van der Waals surface area contributed by atoms with E-state index < -0.39 is 16.2 Å². The molecule has 1 saturated carbocycles. The third kappa shape index (κ3) is 5.79. The van der Waals surface area contributed by atoms with Crippen LogP contribution in [0.2, 0.25) is 0 Å². The maximum atomic E-state index is 10.7. The van der Waals surface area contributed by atoms with Crippen molar-refractivity contribution < 1.29 is 17.7 Å². The zero-order valence-electron chi connectivity index (χ0n) is 9.68. The van der Waals surface area contributed by atoms with Crippen LogP contribution in [0.25, 0.3) is 0 Å². The molecule has 1 atom stereocenters. The molecule has 96 valence electrons. The van der Waals surface area contributed by atoms with Gasteiger partial charge in [-0.1, -0.05) is 19.3 Å². The van der Waals surface area contributed by atoms with Crippen LogP contribution in [0.4, 0.5) is 0 Å². The molecule has 0 saturated heterocycles. The van der Waals surface area contributed by atoms with Gasteiger partial charge in [-0.3, -0.25) is 4.55 Å². The van der Waals surface area contributed by atoms with E-state index in [0.29, 0.717) is 12.6 Å². The molecule has 1 fully saturated rings.